The Morgan fingerprint density at radius 2 is 1.75 bits per heavy atom. The minimum atomic E-state index is -0.695. The van der Waals surface area contributed by atoms with E-state index in [2.05, 4.69) is 5.32 Å². The predicted molar refractivity (Wildman–Crippen MR) is 92.0 cm³/mol. The van der Waals surface area contributed by atoms with Gasteiger partial charge in [-0.15, -0.1) is 0 Å². The first-order valence-corrected chi connectivity index (χ1v) is 8.32. The van der Waals surface area contributed by atoms with Crippen molar-refractivity contribution in [3.63, 3.8) is 0 Å². The third-order valence-electron chi connectivity index (χ3n) is 4.02. The number of hydrogen-bond acceptors (Lipinski definition) is 3. The minimum Gasteiger partial charge on any atom is -0.476 e. The van der Waals surface area contributed by atoms with Crippen LogP contribution in [0.25, 0.3) is 0 Å². The summed E-state index contributed by atoms with van der Waals surface area (Å²) in [5.74, 6) is 0.535. The van der Waals surface area contributed by atoms with Crippen LogP contribution in [0.1, 0.15) is 48.2 Å². The van der Waals surface area contributed by atoms with Crippen LogP contribution in [-0.4, -0.2) is 17.7 Å². The van der Waals surface area contributed by atoms with E-state index in [1.807, 2.05) is 37.3 Å². The largest absolute Gasteiger partial charge is 0.476 e. The smallest absolute Gasteiger partial charge is 0.266 e. The molecular weight excluding hydrogens is 302 g/mol. The maximum atomic E-state index is 12.5. The Labute approximate surface area is 141 Å². The van der Waals surface area contributed by atoms with E-state index < -0.39 is 6.10 Å². The normalized spacial score (nSPS) is 14.7. The summed E-state index contributed by atoms with van der Waals surface area (Å²) in [4.78, 5) is 24.2. The second kappa shape index (κ2) is 7.30. The fraction of sp³-hybridized carbons (Fsp3) is 0.300. The number of ketones is 1. The molecular formula is C20H21NO3. The molecule has 1 unspecified atom stereocenters. The molecule has 1 N–H and O–H groups in total. The van der Waals surface area contributed by atoms with Crippen LogP contribution < -0.4 is 10.1 Å². The molecule has 0 bridgehead atoms. The van der Waals surface area contributed by atoms with E-state index >= 15 is 0 Å². The zero-order valence-electron chi connectivity index (χ0n) is 13.7. The number of carbonyl (C=O) groups is 2. The molecule has 1 aliphatic carbocycles. The fourth-order valence-corrected chi connectivity index (χ4v) is 2.46. The Balaban J connectivity index is 1.78. The predicted octanol–water partition coefficient (Wildman–Crippen LogP) is 3.68. The molecule has 0 radical (unpaired) electrons. The molecule has 4 heteroatoms. The summed E-state index contributed by atoms with van der Waals surface area (Å²) in [7, 11) is 0. The quantitative estimate of drug-likeness (QED) is 0.791. The Morgan fingerprint density at radius 3 is 2.33 bits per heavy atom. The molecule has 0 aliphatic heterocycles. The first-order chi connectivity index (χ1) is 11.7. The van der Waals surface area contributed by atoms with E-state index in [0.717, 1.165) is 18.4 Å². The first kappa shape index (κ1) is 16.2. The lowest BCUT2D eigenvalue weighted by Gasteiger charge is -2.19. The molecule has 1 saturated carbocycles. The van der Waals surface area contributed by atoms with Gasteiger partial charge in [0.15, 0.2) is 5.78 Å². The van der Waals surface area contributed by atoms with Crippen molar-refractivity contribution in [2.75, 3.05) is 0 Å². The molecule has 124 valence electrons. The van der Waals surface area contributed by atoms with E-state index in [9.17, 15) is 9.59 Å². The van der Waals surface area contributed by atoms with Gasteiger partial charge in [-0.3, -0.25) is 9.59 Å². The third-order valence-corrected chi connectivity index (χ3v) is 4.02. The number of ether oxygens (including phenoxy) is 1. The lowest BCUT2D eigenvalue weighted by Crippen LogP contribution is -2.33. The average molecular weight is 323 g/mol. The van der Waals surface area contributed by atoms with Gasteiger partial charge in [0.1, 0.15) is 5.75 Å². The van der Waals surface area contributed by atoms with E-state index in [1.54, 1.807) is 24.3 Å². The maximum Gasteiger partial charge on any atom is 0.266 e. The summed E-state index contributed by atoms with van der Waals surface area (Å²) in [6.45, 7) is 1.83. The molecule has 3 rings (SSSR count). The number of rotatable bonds is 7. The van der Waals surface area contributed by atoms with Crippen molar-refractivity contribution in [2.24, 2.45) is 0 Å². The van der Waals surface area contributed by atoms with Crippen molar-refractivity contribution in [2.45, 2.75) is 38.3 Å². The fourth-order valence-electron chi connectivity index (χ4n) is 2.46. The summed E-state index contributed by atoms with van der Waals surface area (Å²) in [5.41, 5.74) is 1.47. The third kappa shape index (κ3) is 4.02. The van der Waals surface area contributed by atoms with Crippen molar-refractivity contribution < 1.29 is 14.3 Å². The number of amides is 1. The van der Waals surface area contributed by atoms with Crippen molar-refractivity contribution in [1.29, 1.82) is 0 Å². The van der Waals surface area contributed by atoms with Gasteiger partial charge in [0, 0.05) is 23.6 Å². The zero-order valence-corrected chi connectivity index (χ0v) is 13.7. The van der Waals surface area contributed by atoms with Crippen molar-refractivity contribution >= 4 is 11.7 Å². The van der Waals surface area contributed by atoms with Crippen LogP contribution in [0.3, 0.4) is 0 Å². The summed E-state index contributed by atoms with van der Waals surface area (Å²) in [6, 6.07) is 16.7. The van der Waals surface area contributed by atoms with E-state index in [-0.39, 0.29) is 17.7 Å². The molecule has 0 spiro atoms. The van der Waals surface area contributed by atoms with Crippen LogP contribution >= 0.6 is 0 Å². The van der Waals surface area contributed by atoms with Gasteiger partial charge < -0.3 is 10.1 Å². The topological polar surface area (TPSA) is 55.4 Å². The van der Waals surface area contributed by atoms with Crippen LogP contribution in [0.4, 0.5) is 0 Å². The standard InChI is InChI=1S/C20H21NO3/c1-2-18(22)14-8-12-17(13-9-14)24-19(15-6-4-3-5-7-15)20(23)21-16-10-11-16/h3-9,12-13,16,19H,2,10-11H2,1H3,(H,21,23). The van der Waals surface area contributed by atoms with Gasteiger partial charge in [0.2, 0.25) is 6.10 Å². The second-order valence-electron chi connectivity index (χ2n) is 5.99. The Hall–Kier alpha value is -2.62. The van der Waals surface area contributed by atoms with Gasteiger partial charge in [-0.2, -0.15) is 0 Å². The van der Waals surface area contributed by atoms with Crippen LogP contribution in [0.5, 0.6) is 5.75 Å². The van der Waals surface area contributed by atoms with Gasteiger partial charge >= 0.3 is 0 Å². The Kier molecular flexibility index (Phi) is 4.94. The Morgan fingerprint density at radius 1 is 1.08 bits per heavy atom. The van der Waals surface area contributed by atoms with Gasteiger partial charge in [-0.05, 0) is 37.1 Å². The van der Waals surface area contributed by atoms with Crippen LogP contribution in [0.2, 0.25) is 0 Å². The highest BCUT2D eigenvalue weighted by Gasteiger charge is 2.29. The lowest BCUT2D eigenvalue weighted by molar-refractivity contribution is -0.128. The minimum absolute atomic E-state index is 0.0904. The summed E-state index contributed by atoms with van der Waals surface area (Å²) in [5, 5.41) is 2.99. The summed E-state index contributed by atoms with van der Waals surface area (Å²) in [6.07, 6.45) is 1.83. The lowest BCUT2D eigenvalue weighted by atomic mass is 10.1. The highest BCUT2D eigenvalue weighted by Crippen LogP contribution is 2.25. The van der Waals surface area contributed by atoms with Gasteiger partial charge in [-0.25, -0.2) is 0 Å². The van der Waals surface area contributed by atoms with Crippen molar-refractivity contribution in [3.8, 4) is 5.75 Å². The number of hydrogen-bond donors (Lipinski definition) is 1. The molecule has 2 aromatic rings. The van der Waals surface area contributed by atoms with Crippen molar-refractivity contribution in [3.05, 3.63) is 65.7 Å². The summed E-state index contributed by atoms with van der Waals surface area (Å²) >= 11 is 0. The maximum absolute atomic E-state index is 12.5. The van der Waals surface area contributed by atoms with Gasteiger partial charge in [0.25, 0.3) is 5.91 Å². The zero-order chi connectivity index (χ0) is 16.9. The molecule has 2 aromatic carbocycles. The molecule has 4 nitrogen and oxygen atoms in total. The number of carbonyl (C=O) groups excluding carboxylic acids is 2. The van der Waals surface area contributed by atoms with Crippen LogP contribution in [0.15, 0.2) is 54.6 Å². The first-order valence-electron chi connectivity index (χ1n) is 8.32. The van der Waals surface area contributed by atoms with E-state index in [1.165, 1.54) is 0 Å². The second-order valence-corrected chi connectivity index (χ2v) is 5.99. The SMILES string of the molecule is CCC(=O)c1ccc(OC(C(=O)NC2CC2)c2ccccc2)cc1. The number of Topliss-reactive ketones (excluding diaryl/α,β-unsaturated/α-hetero) is 1. The number of benzene rings is 2. The van der Waals surface area contributed by atoms with Crippen molar-refractivity contribution in [1.82, 2.24) is 5.32 Å². The van der Waals surface area contributed by atoms with Gasteiger partial charge in [-0.1, -0.05) is 37.3 Å². The average Bonchev–Trinajstić information content (AvgIpc) is 3.44. The molecule has 1 aliphatic rings. The highest BCUT2D eigenvalue weighted by molar-refractivity contribution is 5.95. The molecule has 0 heterocycles. The molecule has 0 saturated heterocycles. The molecule has 1 atom stereocenters. The van der Waals surface area contributed by atoms with Gasteiger partial charge in [0.05, 0.1) is 0 Å². The monoisotopic (exact) mass is 323 g/mol. The van der Waals surface area contributed by atoms with Crippen LogP contribution in [-0.2, 0) is 4.79 Å². The van der Waals surface area contributed by atoms with Crippen LogP contribution in [0, 0.1) is 0 Å². The molecule has 1 fully saturated rings. The highest BCUT2D eigenvalue weighted by atomic mass is 16.5. The summed E-state index contributed by atoms with van der Waals surface area (Å²) < 4.78 is 5.94. The molecule has 1 amide bonds. The molecule has 0 aromatic heterocycles. The Bertz CT molecular complexity index is 705. The van der Waals surface area contributed by atoms with E-state index in [4.69, 9.17) is 4.74 Å². The van der Waals surface area contributed by atoms with E-state index in [0.29, 0.717) is 17.7 Å². The number of nitrogens with one attached hydrogen (secondary N) is 1. The molecule has 24 heavy (non-hydrogen) atoms.